The molecule has 2 N–H and O–H groups in total. The summed E-state index contributed by atoms with van der Waals surface area (Å²) >= 11 is 2.79. The molecule has 0 bridgehead atoms. The first kappa shape index (κ1) is 14.4. The number of alkyl halides is 4. The highest BCUT2D eigenvalue weighted by molar-refractivity contribution is 9.09. The standard InChI is InChI=1S/C10H9BrF3NOS/c1-5(16)9(11)7-3-2-6(15)4-8(7)17-10(12,13)14/h2-4,9H,15H2,1H3. The van der Waals surface area contributed by atoms with Gasteiger partial charge in [0.2, 0.25) is 0 Å². The van der Waals surface area contributed by atoms with E-state index in [1.807, 2.05) is 0 Å². The second kappa shape index (κ2) is 5.30. The number of hydrogen-bond donors (Lipinski definition) is 1. The number of carbonyl (C=O) groups is 1. The minimum atomic E-state index is -4.41. The molecule has 0 saturated carbocycles. The average molecular weight is 328 g/mol. The van der Waals surface area contributed by atoms with Gasteiger partial charge in [0.05, 0.1) is 4.83 Å². The number of anilines is 1. The van der Waals surface area contributed by atoms with Gasteiger partial charge in [0.25, 0.3) is 0 Å². The molecule has 0 aliphatic carbocycles. The number of nitrogens with two attached hydrogens (primary N) is 1. The molecular weight excluding hydrogens is 319 g/mol. The lowest BCUT2D eigenvalue weighted by atomic mass is 10.1. The zero-order valence-corrected chi connectivity index (χ0v) is 11.1. The van der Waals surface area contributed by atoms with Crippen LogP contribution in [0.1, 0.15) is 17.3 Å². The smallest absolute Gasteiger partial charge is 0.399 e. The van der Waals surface area contributed by atoms with Gasteiger partial charge in [-0.1, -0.05) is 22.0 Å². The first-order chi connectivity index (χ1) is 7.70. The molecule has 0 heterocycles. The molecule has 0 spiro atoms. The van der Waals surface area contributed by atoms with E-state index in [1.54, 1.807) is 0 Å². The van der Waals surface area contributed by atoms with Crippen LogP contribution in [0.2, 0.25) is 0 Å². The van der Waals surface area contributed by atoms with Gasteiger partial charge in [0.1, 0.15) is 5.78 Å². The summed E-state index contributed by atoms with van der Waals surface area (Å²) < 4.78 is 37.0. The molecule has 1 aromatic carbocycles. The summed E-state index contributed by atoms with van der Waals surface area (Å²) in [4.78, 5) is 10.4. The Morgan fingerprint density at radius 3 is 2.53 bits per heavy atom. The van der Waals surface area contributed by atoms with Crippen molar-refractivity contribution in [2.75, 3.05) is 5.73 Å². The fourth-order valence-corrected chi connectivity index (χ4v) is 2.49. The van der Waals surface area contributed by atoms with Gasteiger partial charge in [-0.25, -0.2) is 0 Å². The molecule has 0 radical (unpaired) electrons. The number of Topliss-reactive ketones (excluding diaryl/α,β-unsaturated/α-hetero) is 1. The van der Waals surface area contributed by atoms with Crippen LogP contribution in [0.5, 0.6) is 0 Å². The van der Waals surface area contributed by atoms with Crippen LogP contribution in [0.25, 0.3) is 0 Å². The van der Waals surface area contributed by atoms with Crippen molar-refractivity contribution in [3.63, 3.8) is 0 Å². The Hall–Kier alpha value is -0.690. The highest BCUT2D eigenvalue weighted by Crippen LogP contribution is 2.42. The Kier molecular flexibility index (Phi) is 4.48. The van der Waals surface area contributed by atoms with Crippen LogP contribution in [-0.2, 0) is 4.79 Å². The maximum atomic E-state index is 12.3. The minimum Gasteiger partial charge on any atom is -0.399 e. The Morgan fingerprint density at radius 1 is 1.47 bits per heavy atom. The Bertz CT molecular complexity index is 436. The lowest BCUT2D eigenvalue weighted by Gasteiger charge is -2.14. The summed E-state index contributed by atoms with van der Waals surface area (Å²) in [6.07, 6.45) is 0. The molecule has 1 unspecified atom stereocenters. The fraction of sp³-hybridized carbons (Fsp3) is 0.300. The third kappa shape index (κ3) is 4.23. The van der Waals surface area contributed by atoms with Gasteiger partial charge in [-0.3, -0.25) is 4.79 Å². The molecule has 2 nitrogen and oxygen atoms in total. The van der Waals surface area contributed by atoms with E-state index in [-0.39, 0.29) is 33.7 Å². The monoisotopic (exact) mass is 327 g/mol. The quantitative estimate of drug-likeness (QED) is 0.520. The summed E-state index contributed by atoms with van der Waals surface area (Å²) in [7, 11) is 0. The van der Waals surface area contributed by atoms with Gasteiger partial charge in [0.15, 0.2) is 0 Å². The number of benzene rings is 1. The highest BCUT2D eigenvalue weighted by Gasteiger charge is 2.31. The lowest BCUT2D eigenvalue weighted by molar-refractivity contribution is -0.116. The van der Waals surface area contributed by atoms with Crippen LogP contribution >= 0.6 is 27.7 Å². The Labute approximate surface area is 109 Å². The van der Waals surface area contributed by atoms with Gasteiger partial charge in [-0.15, -0.1) is 0 Å². The number of thioether (sulfide) groups is 1. The van der Waals surface area contributed by atoms with Crippen LogP contribution in [0.15, 0.2) is 23.1 Å². The molecule has 0 fully saturated rings. The van der Waals surface area contributed by atoms with Crippen molar-refractivity contribution in [1.29, 1.82) is 0 Å². The van der Waals surface area contributed by atoms with Crippen molar-refractivity contribution >= 4 is 39.2 Å². The molecule has 17 heavy (non-hydrogen) atoms. The van der Waals surface area contributed by atoms with Crippen LogP contribution in [-0.4, -0.2) is 11.3 Å². The molecule has 1 atom stereocenters. The molecule has 0 amide bonds. The first-order valence-electron chi connectivity index (χ1n) is 4.50. The zero-order valence-electron chi connectivity index (χ0n) is 8.72. The molecule has 1 rings (SSSR count). The molecule has 7 heteroatoms. The normalized spacial score (nSPS) is 13.5. The molecule has 0 aliphatic heterocycles. The van der Waals surface area contributed by atoms with Crippen molar-refractivity contribution in [1.82, 2.24) is 0 Å². The fourth-order valence-electron chi connectivity index (χ4n) is 1.19. The van der Waals surface area contributed by atoms with Gasteiger partial charge in [-0.05, 0) is 36.4 Å². The molecule has 0 aliphatic rings. The third-order valence-corrected chi connectivity index (χ3v) is 3.84. The molecule has 94 valence electrons. The number of nitrogen functional groups attached to an aromatic ring is 1. The van der Waals surface area contributed by atoms with Crippen molar-refractivity contribution in [2.24, 2.45) is 0 Å². The largest absolute Gasteiger partial charge is 0.446 e. The van der Waals surface area contributed by atoms with Crippen LogP contribution in [0.4, 0.5) is 18.9 Å². The lowest BCUT2D eigenvalue weighted by Crippen LogP contribution is -2.06. The van der Waals surface area contributed by atoms with E-state index in [2.05, 4.69) is 15.9 Å². The number of carbonyl (C=O) groups excluding carboxylic acids is 1. The third-order valence-electron chi connectivity index (χ3n) is 1.89. The first-order valence-corrected chi connectivity index (χ1v) is 6.23. The second-order valence-corrected chi connectivity index (χ2v) is 5.34. The summed E-state index contributed by atoms with van der Waals surface area (Å²) in [5.74, 6) is -0.265. The van der Waals surface area contributed by atoms with Crippen molar-refractivity contribution in [3.05, 3.63) is 23.8 Å². The topological polar surface area (TPSA) is 43.1 Å². The van der Waals surface area contributed by atoms with E-state index in [1.165, 1.54) is 25.1 Å². The SMILES string of the molecule is CC(=O)C(Br)c1ccc(N)cc1SC(F)(F)F. The van der Waals surface area contributed by atoms with Gasteiger partial charge < -0.3 is 5.73 Å². The molecule has 1 aromatic rings. The molecular formula is C10H9BrF3NOS. The van der Waals surface area contributed by atoms with E-state index in [0.29, 0.717) is 0 Å². The van der Waals surface area contributed by atoms with Crippen molar-refractivity contribution in [3.8, 4) is 0 Å². The minimum absolute atomic E-state index is 0.0606. The van der Waals surface area contributed by atoms with E-state index in [9.17, 15) is 18.0 Å². The van der Waals surface area contributed by atoms with E-state index >= 15 is 0 Å². The van der Waals surface area contributed by atoms with Crippen LogP contribution in [0.3, 0.4) is 0 Å². The summed E-state index contributed by atoms with van der Waals surface area (Å²) in [5, 5.41) is 0. The number of ketones is 1. The summed E-state index contributed by atoms with van der Waals surface area (Å²) in [5.41, 5.74) is 1.53. The van der Waals surface area contributed by atoms with Crippen molar-refractivity contribution < 1.29 is 18.0 Å². The Morgan fingerprint density at radius 2 is 2.06 bits per heavy atom. The number of halogens is 4. The van der Waals surface area contributed by atoms with Crippen molar-refractivity contribution in [2.45, 2.75) is 22.2 Å². The van der Waals surface area contributed by atoms with E-state index in [4.69, 9.17) is 5.73 Å². The maximum absolute atomic E-state index is 12.3. The van der Waals surface area contributed by atoms with E-state index < -0.39 is 10.3 Å². The molecule has 0 saturated heterocycles. The van der Waals surface area contributed by atoms with Gasteiger partial charge in [0, 0.05) is 10.6 Å². The highest BCUT2D eigenvalue weighted by atomic mass is 79.9. The van der Waals surface area contributed by atoms with E-state index in [0.717, 1.165) is 0 Å². The molecule has 0 aromatic heterocycles. The summed E-state index contributed by atoms with van der Waals surface area (Å²) in [6.45, 7) is 1.30. The predicted molar refractivity (Wildman–Crippen MR) is 65.1 cm³/mol. The van der Waals surface area contributed by atoms with Crippen LogP contribution < -0.4 is 5.73 Å². The number of rotatable bonds is 3. The Balaban J connectivity index is 3.17. The number of hydrogen-bond acceptors (Lipinski definition) is 3. The van der Waals surface area contributed by atoms with Crippen LogP contribution in [0, 0.1) is 0 Å². The van der Waals surface area contributed by atoms with Gasteiger partial charge >= 0.3 is 5.51 Å². The average Bonchev–Trinajstić information content (AvgIpc) is 2.14. The second-order valence-electron chi connectivity index (χ2n) is 3.32. The predicted octanol–water partition coefficient (Wildman–Crippen LogP) is 3.91. The maximum Gasteiger partial charge on any atom is 0.446 e. The zero-order chi connectivity index (χ0) is 13.2. The summed E-state index contributed by atoms with van der Waals surface area (Å²) in [6, 6.07) is 4.10. The van der Waals surface area contributed by atoms with Gasteiger partial charge in [-0.2, -0.15) is 13.2 Å².